The molecule has 0 saturated heterocycles. The van der Waals surface area contributed by atoms with Crippen LogP contribution in [0.4, 0.5) is 0 Å². The second-order valence-corrected chi connectivity index (χ2v) is 3.61. The molecule has 0 aliphatic heterocycles. The molecule has 84 valence electrons. The Kier molecular flexibility index (Phi) is 2.97. The van der Waals surface area contributed by atoms with Gasteiger partial charge in [0.2, 0.25) is 0 Å². The van der Waals surface area contributed by atoms with Crippen LogP contribution in [0.15, 0.2) is 42.5 Å². The topological polar surface area (TPSA) is 53.2 Å². The molecule has 0 radical (unpaired) electrons. The van der Waals surface area contributed by atoms with E-state index >= 15 is 0 Å². The Hall–Kier alpha value is -2.47. The van der Waals surface area contributed by atoms with Crippen molar-refractivity contribution in [2.45, 2.75) is 6.92 Å². The second kappa shape index (κ2) is 4.58. The average molecular weight is 225 g/mol. The van der Waals surface area contributed by atoms with E-state index in [9.17, 15) is 5.11 Å². The predicted octanol–water partition coefficient (Wildman–Crippen LogP) is 3.36. The van der Waals surface area contributed by atoms with Crippen LogP contribution in [0, 0.1) is 18.3 Å². The summed E-state index contributed by atoms with van der Waals surface area (Å²) in [4.78, 5) is 0. The van der Waals surface area contributed by atoms with Gasteiger partial charge in [0.25, 0.3) is 0 Å². The third-order valence-corrected chi connectivity index (χ3v) is 2.48. The van der Waals surface area contributed by atoms with Gasteiger partial charge in [-0.05, 0) is 31.2 Å². The highest BCUT2D eigenvalue weighted by Gasteiger charge is 2.07. The molecule has 0 aliphatic rings. The summed E-state index contributed by atoms with van der Waals surface area (Å²) in [6.45, 7) is 1.76. The zero-order chi connectivity index (χ0) is 12.3. The molecule has 3 nitrogen and oxygen atoms in total. The van der Waals surface area contributed by atoms with Crippen molar-refractivity contribution in [2.75, 3.05) is 0 Å². The van der Waals surface area contributed by atoms with E-state index in [4.69, 9.17) is 10.00 Å². The quantitative estimate of drug-likeness (QED) is 0.852. The highest BCUT2D eigenvalue weighted by molar-refractivity contribution is 5.49. The second-order valence-electron chi connectivity index (χ2n) is 3.61. The molecule has 0 fully saturated rings. The number of nitrogens with zero attached hydrogens (tertiary/aromatic N) is 1. The van der Waals surface area contributed by atoms with Crippen LogP contribution in [-0.2, 0) is 0 Å². The minimum atomic E-state index is 0.178. The van der Waals surface area contributed by atoms with Gasteiger partial charge in [-0.1, -0.05) is 18.2 Å². The fourth-order valence-corrected chi connectivity index (χ4v) is 1.48. The van der Waals surface area contributed by atoms with E-state index < -0.39 is 0 Å². The predicted molar refractivity (Wildman–Crippen MR) is 64.1 cm³/mol. The lowest BCUT2D eigenvalue weighted by atomic mass is 10.2. The number of rotatable bonds is 2. The van der Waals surface area contributed by atoms with Gasteiger partial charge in [-0.2, -0.15) is 5.26 Å². The van der Waals surface area contributed by atoms with E-state index in [-0.39, 0.29) is 5.75 Å². The standard InChI is InChI=1S/C14H11NO2/c1-10-12(16)6-4-8-13(10)17-14-7-3-2-5-11(14)9-15/h2-8,16H,1H3. The van der Waals surface area contributed by atoms with Crippen molar-refractivity contribution < 1.29 is 9.84 Å². The number of phenolic OH excluding ortho intramolecular Hbond substituents is 1. The fraction of sp³-hybridized carbons (Fsp3) is 0.0714. The summed E-state index contributed by atoms with van der Waals surface area (Å²) < 4.78 is 5.63. The molecule has 0 spiro atoms. The smallest absolute Gasteiger partial charge is 0.145 e. The number of nitriles is 1. The third-order valence-electron chi connectivity index (χ3n) is 2.48. The zero-order valence-electron chi connectivity index (χ0n) is 9.34. The van der Waals surface area contributed by atoms with Gasteiger partial charge >= 0.3 is 0 Å². The van der Waals surface area contributed by atoms with Gasteiger partial charge in [0.1, 0.15) is 23.3 Å². The first kappa shape index (κ1) is 11.0. The van der Waals surface area contributed by atoms with Gasteiger partial charge in [0, 0.05) is 5.56 Å². The largest absolute Gasteiger partial charge is 0.508 e. The Morgan fingerprint density at radius 1 is 1.06 bits per heavy atom. The molecule has 2 rings (SSSR count). The normalized spacial score (nSPS) is 9.65. The van der Waals surface area contributed by atoms with Crippen LogP contribution in [0.5, 0.6) is 17.2 Å². The Bertz CT molecular complexity index is 585. The van der Waals surface area contributed by atoms with Crippen molar-refractivity contribution in [3.05, 3.63) is 53.6 Å². The SMILES string of the molecule is Cc1c(O)cccc1Oc1ccccc1C#N. The van der Waals surface area contributed by atoms with Crippen LogP contribution >= 0.6 is 0 Å². The number of para-hydroxylation sites is 1. The molecule has 0 saturated carbocycles. The summed E-state index contributed by atoms with van der Waals surface area (Å²) in [7, 11) is 0. The van der Waals surface area contributed by atoms with E-state index in [1.807, 2.05) is 0 Å². The molecular formula is C14H11NO2. The number of benzene rings is 2. The van der Waals surface area contributed by atoms with E-state index in [1.54, 1.807) is 49.4 Å². The van der Waals surface area contributed by atoms with Crippen LogP contribution in [0.25, 0.3) is 0 Å². The van der Waals surface area contributed by atoms with Crippen LogP contribution in [0.3, 0.4) is 0 Å². The Labute approximate surface area is 99.5 Å². The van der Waals surface area contributed by atoms with E-state index in [0.717, 1.165) is 0 Å². The Morgan fingerprint density at radius 2 is 1.76 bits per heavy atom. The van der Waals surface area contributed by atoms with Gasteiger partial charge in [0.05, 0.1) is 5.56 Å². The van der Waals surface area contributed by atoms with Gasteiger partial charge in [0.15, 0.2) is 0 Å². The fourth-order valence-electron chi connectivity index (χ4n) is 1.48. The summed E-state index contributed by atoms with van der Waals surface area (Å²) in [6.07, 6.45) is 0. The average Bonchev–Trinajstić information content (AvgIpc) is 2.35. The molecule has 0 aliphatic carbocycles. The Morgan fingerprint density at radius 3 is 2.53 bits per heavy atom. The summed E-state index contributed by atoms with van der Waals surface area (Å²) in [5.74, 6) is 1.22. The first-order chi connectivity index (χ1) is 8.22. The number of ether oxygens (including phenoxy) is 1. The first-order valence-electron chi connectivity index (χ1n) is 5.18. The molecular weight excluding hydrogens is 214 g/mol. The summed E-state index contributed by atoms with van der Waals surface area (Å²) >= 11 is 0. The van der Waals surface area contributed by atoms with Crippen molar-refractivity contribution in [1.29, 1.82) is 5.26 Å². The van der Waals surface area contributed by atoms with Crippen molar-refractivity contribution in [3.63, 3.8) is 0 Å². The summed E-state index contributed by atoms with van der Waals surface area (Å²) in [5, 5.41) is 18.5. The van der Waals surface area contributed by atoms with Gasteiger partial charge in [-0.15, -0.1) is 0 Å². The molecule has 0 aromatic heterocycles. The minimum Gasteiger partial charge on any atom is -0.508 e. The number of phenols is 1. The highest BCUT2D eigenvalue weighted by Crippen LogP contribution is 2.31. The van der Waals surface area contributed by atoms with Crippen LogP contribution in [0.1, 0.15) is 11.1 Å². The van der Waals surface area contributed by atoms with Gasteiger partial charge in [-0.3, -0.25) is 0 Å². The Balaban J connectivity index is 2.39. The molecule has 0 atom stereocenters. The van der Waals surface area contributed by atoms with Crippen molar-refractivity contribution >= 4 is 0 Å². The van der Waals surface area contributed by atoms with Crippen molar-refractivity contribution in [1.82, 2.24) is 0 Å². The van der Waals surface area contributed by atoms with Crippen LogP contribution in [0.2, 0.25) is 0 Å². The maximum absolute atomic E-state index is 9.56. The van der Waals surface area contributed by atoms with E-state index in [2.05, 4.69) is 6.07 Å². The monoisotopic (exact) mass is 225 g/mol. The zero-order valence-corrected chi connectivity index (χ0v) is 9.34. The highest BCUT2D eigenvalue weighted by atomic mass is 16.5. The summed E-state index contributed by atoms with van der Waals surface area (Å²) in [5.41, 5.74) is 1.12. The summed E-state index contributed by atoms with van der Waals surface area (Å²) in [6, 6.07) is 14.1. The molecule has 0 amide bonds. The lowest BCUT2D eigenvalue weighted by Crippen LogP contribution is -1.90. The van der Waals surface area contributed by atoms with Crippen molar-refractivity contribution in [3.8, 4) is 23.3 Å². The number of hydrogen-bond donors (Lipinski definition) is 1. The van der Waals surface area contributed by atoms with Crippen LogP contribution in [-0.4, -0.2) is 5.11 Å². The van der Waals surface area contributed by atoms with E-state index in [1.165, 1.54) is 0 Å². The first-order valence-corrected chi connectivity index (χ1v) is 5.18. The van der Waals surface area contributed by atoms with Gasteiger partial charge in [-0.25, -0.2) is 0 Å². The molecule has 2 aromatic carbocycles. The van der Waals surface area contributed by atoms with Crippen molar-refractivity contribution in [2.24, 2.45) is 0 Å². The minimum absolute atomic E-state index is 0.178. The van der Waals surface area contributed by atoms with E-state index in [0.29, 0.717) is 22.6 Å². The third kappa shape index (κ3) is 2.21. The molecule has 1 N–H and O–H groups in total. The lowest BCUT2D eigenvalue weighted by Gasteiger charge is -2.10. The molecule has 0 bridgehead atoms. The number of hydrogen-bond acceptors (Lipinski definition) is 3. The molecule has 0 unspecified atom stereocenters. The molecule has 2 aromatic rings. The van der Waals surface area contributed by atoms with Crippen LogP contribution < -0.4 is 4.74 Å². The number of aromatic hydroxyl groups is 1. The van der Waals surface area contributed by atoms with Gasteiger partial charge < -0.3 is 9.84 Å². The lowest BCUT2D eigenvalue weighted by molar-refractivity contribution is 0.447. The maximum Gasteiger partial charge on any atom is 0.145 e. The molecule has 3 heteroatoms. The molecule has 17 heavy (non-hydrogen) atoms. The molecule has 0 heterocycles. The maximum atomic E-state index is 9.56.